The van der Waals surface area contributed by atoms with Crippen LogP contribution in [-0.4, -0.2) is 7.05 Å². The van der Waals surface area contributed by atoms with Gasteiger partial charge >= 0.3 is 0 Å². The Balaban J connectivity index is 2.27. The molecule has 0 saturated carbocycles. The lowest BCUT2D eigenvalue weighted by molar-refractivity contribution is 1.27. The first kappa shape index (κ1) is 7.83. The minimum Gasteiger partial charge on any atom is -0.328 e. The summed E-state index contributed by atoms with van der Waals surface area (Å²) in [6.45, 7) is 0. The lowest BCUT2D eigenvalue weighted by Crippen LogP contribution is -2.04. The van der Waals surface area contributed by atoms with Crippen molar-refractivity contribution in [3.8, 4) is 0 Å². The molecular weight excluding hydrogens is 186 g/mol. The van der Waals surface area contributed by atoms with Crippen LogP contribution in [0.15, 0.2) is 35.0 Å². The van der Waals surface area contributed by atoms with E-state index in [9.17, 15) is 0 Å². The normalized spacial score (nSPS) is 10.1. The number of hydrogen-bond donors (Lipinski definition) is 0. The van der Waals surface area contributed by atoms with E-state index < -0.39 is 0 Å². The fourth-order valence-electron chi connectivity index (χ4n) is 1.03. The molecule has 0 bridgehead atoms. The van der Waals surface area contributed by atoms with Gasteiger partial charge in [0.2, 0.25) is 0 Å². The number of hydrogen-bond acceptors (Lipinski definition) is 3. The second-order valence-electron chi connectivity index (χ2n) is 2.46. The highest BCUT2D eigenvalue weighted by Crippen LogP contribution is 2.30. The Labute approximate surface area is 79.9 Å². The predicted octanol–water partition coefficient (Wildman–Crippen LogP) is 3.58. The minimum absolute atomic E-state index is 1.29. The molecule has 2 rings (SSSR count). The van der Waals surface area contributed by atoms with Crippen molar-refractivity contribution in [2.45, 2.75) is 0 Å². The zero-order valence-electron chi connectivity index (χ0n) is 6.73. The van der Waals surface area contributed by atoms with Crippen LogP contribution in [0.3, 0.4) is 0 Å². The van der Waals surface area contributed by atoms with E-state index in [1.807, 2.05) is 0 Å². The number of nitrogens with zero attached hydrogens (tertiary/aromatic N) is 1. The maximum atomic E-state index is 2.20. The van der Waals surface area contributed by atoms with E-state index in [2.05, 4.69) is 47.0 Å². The number of anilines is 2. The molecule has 0 aromatic carbocycles. The van der Waals surface area contributed by atoms with Crippen LogP contribution in [0.4, 0.5) is 10.0 Å². The fraction of sp³-hybridized carbons (Fsp3) is 0.111. The Kier molecular flexibility index (Phi) is 2.15. The first-order valence-electron chi connectivity index (χ1n) is 3.68. The van der Waals surface area contributed by atoms with Crippen molar-refractivity contribution in [1.29, 1.82) is 0 Å². The Morgan fingerprint density at radius 1 is 1.00 bits per heavy atom. The summed E-state index contributed by atoms with van der Waals surface area (Å²) in [7, 11) is 2.09. The summed E-state index contributed by atoms with van der Waals surface area (Å²) < 4.78 is 0. The molecular formula is C9H9NS2. The van der Waals surface area contributed by atoms with Gasteiger partial charge in [-0.3, -0.25) is 0 Å². The summed E-state index contributed by atoms with van der Waals surface area (Å²) in [6.07, 6.45) is 0. The van der Waals surface area contributed by atoms with Gasteiger partial charge in [0.15, 0.2) is 0 Å². The van der Waals surface area contributed by atoms with Crippen LogP contribution in [0.1, 0.15) is 0 Å². The Hall–Kier alpha value is -0.800. The molecule has 0 saturated heterocycles. The fourth-order valence-corrected chi connectivity index (χ4v) is 2.51. The van der Waals surface area contributed by atoms with Gasteiger partial charge in [0.25, 0.3) is 0 Å². The molecule has 62 valence electrons. The van der Waals surface area contributed by atoms with Gasteiger partial charge in [-0.2, -0.15) is 0 Å². The standard InChI is InChI=1S/C9H9NS2/c1-10(8-4-2-6-11-8)9-5-3-7-12-9/h2-7H,1H3. The minimum atomic E-state index is 1.29. The van der Waals surface area contributed by atoms with Crippen molar-refractivity contribution < 1.29 is 0 Å². The van der Waals surface area contributed by atoms with Gasteiger partial charge in [0, 0.05) is 7.05 Å². The monoisotopic (exact) mass is 195 g/mol. The van der Waals surface area contributed by atoms with E-state index in [1.165, 1.54) is 10.0 Å². The lowest BCUT2D eigenvalue weighted by Gasteiger charge is -2.13. The van der Waals surface area contributed by atoms with Gasteiger partial charge < -0.3 is 4.90 Å². The maximum Gasteiger partial charge on any atom is 0.0956 e. The van der Waals surface area contributed by atoms with E-state index >= 15 is 0 Å². The third-order valence-electron chi connectivity index (χ3n) is 1.67. The highest BCUT2D eigenvalue weighted by Gasteiger charge is 2.03. The molecule has 0 aliphatic carbocycles. The van der Waals surface area contributed by atoms with Crippen molar-refractivity contribution in [3.05, 3.63) is 35.0 Å². The molecule has 0 fully saturated rings. The Morgan fingerprint density at radius 2 is 1.50 bits per heavy atom. The van der Waals surface area contributed by atoms with Crippen LogP contribution >= 0.6 is 22.7 Å². The first-order valence-corrected chi connectivity index (χ1v) is 5.44. The van der Waals surface area contributed by atoms with Gasteiger partial charge in [-0.25, -0.2) is 0 Å². The predicted molar refractivity (Wildman–Crippen MR) is 56.7 cm³/mol. The van der Waals surface area contributed by atoms with Crippen LogP contribution in [0.25, 0.3) is 0 Å². The van der Waals surface area contributed by atoms with Gasteiger partial charge in [0.05, 0.1) is 10.0 Å². The van der Waals surface area contributed by atoms with Gasteiger partial charge in [-0.1, -0.05) is 0 Å². The van der Waals surface area contributed by atoms with Crippen LogP contribution in [0.2, 0.25) is 0 Å². The molecule has 2 heterocycles. The molecule has 12 heavy (non-hydrogen) atoms. The van der Waals surface area contributed by atoms with Gasteiger partial charge in [0.1, 0.15) is 0 Å². The molecule has 0 N–H and O–H groups in total. The quantitative estimate of drug-likeness (QED) is 0.708. The van der Waals surface area contributed by atoms with Crippen molar-refractivity contribution in [2.75, 3.05) is 11.9 Å². The summed E-state index contributed by atoms with van der Waals surface area (Å²) in [5, 5.41) is 6.77. The second-order valence-corrected chi connectivity index (χ2v) is 4.31. The third kappa shape index (κ3) is 1.38. The van der Waals surface area contributed by atoms with E-state index in [0.29, 0.717) is 0 Å². The average Bonchev–Trinajstić information content (AvgIpc) is 2.77. The molecule has 2 aromatic heterocycles. The zero-order chi connectivity index (χ0) is 8.39. The van der Waals surface area contributed by atoms with E-state index in [-0.39, 0.29) is 0 Å². The van der Waals surface area contributed by atoms with E-state index in [1.54, 1.807) is 22.7 Å². The van der Waals surface area contributed by atoms with E-state index in [4.69, 9.17) is 0 Å². The third-order valence-corrected chi connectivity index (χ3v) is 3.56. The average molecular weight is 195 g/mol. The zero-order valence-corrected chi connectivity index (χ0v) is 8.36. The van der Waals surface area contributed by atoms with Crippen molar-refractivity contribution in [2.24, 2.45) is 0 Å². The summed E-state index contributed by atoms with van der Waals surface area (Å²) in [5.41, 5.74) is 0. The van der Waals surface area contributed by atoms with Crippen molar-refractivity contribution in [1.82, 2.24) is 0 Å². The van der Waals surface area contributed by atoms with E-state index in [0.717, 1.165) is 0 Å². The second kappa shape index (κ2) is 3.29. The van der Waals surface area contributed by atoms with Gasteiger partial charge in [-0.15, -0.1) is 22.7 Å². The molecule has 0 unspecified atom stereocenters. The highest BCUT2D eigenvalue weighted by atomic mass is 32.1. The smallest absolute Gasteiger partial charge is 0.0956 e. The molecule has 2 aromatic rings. The molecule has 0 atom stereocenters. The van der Waals surface area contributed by atoms with Crippen molar-refractivity contribution in [3.63, 3.8) is 0 Å². The summed E-state index contributed by atoms with van der Waals surface area (Å²) in [6, 6.07) is 8.41. The van der Waals surface area contributed by atoms with Crippen LogP contribution in [-0.2, 0) is 0 Å². The lowest BCUT2D eigenvalue weighted by atomic mass is 10.5. The number of thiophene rings is 2. The first-order chi connectivity index (χ1) is 5.88. The molecule has 3 heteroatoms. The Bertz CT molecular complexity index is 289. The molecule has 0 amide bonds. The maximum absolute atomic E-state index is 2.20. The van der Waals surface area contributed by atoms with Gasteiger partial charge in [-0.05, 0) is 35.0 Å². The molecule has 0 aliphatic heterocycles. The topological polar surface area (TPSA) is 3.24 Å². The molecule has 0 aliphatic rings. The number of rotatable bonds is 2. The molecule has 0 radical (unpaired) electrons. The summed E-state index contributed by atoms with van der Waals surface area (Å²) in [4.78, 5) is 2.20. The van der Waals surface area contributed by atoms with Crippen LogP contribution < -0.4 is 4.90 Å². The summed E-state index contributed by atoms with van der Waals surface area (Å²) >= 11 is 3.52. The summed E-state index contributed by atoms with van der Waals surface area (Å²) in [5.74, 6) is 0. The SMILES string of the molecule is CN(c1cccs1)c1cccs1. The molecule has 0 spiro atoms. The highest BCUT2D eigenvalue weighted by molar-refractivity contribution is 7.16. The largest absolute Gasteiger partial charge is 0.328 e. The molecule has 1 nitrogen and oxygen atoms in total. The van der Waals surface area contributed by atoms with Crippen LogP contribution in [0, 0.1) is 0 Å². The van der Waals surface area contributed by atoms with Crippen LogP contribution in [0.5, 0.6) is 0 Å². The Morgan fingerprint density at radius 3 is 1.83 bits per heavy atom. The van der Waals surface area contributed by atoms with Crippen molar-refractivity contribution >= 4 is 32.7 Å².